The summed E-state index contributed by atoms with van der Waals surface area (Å²) in [5, 5.41) is 13.7. The Hall–Kier alpha value is -1.83. The van der Waals surface area contributed by atoms with Gasteiger partial charge in [-0.1, -0.05) is 42.5 Å². The Balaban J connectivity index is 2.41. The molecule has 0 aliphatic carbocycles. The van der Waals surface area contributed by atoms with Gasteiger partial charge in [0.2, 0.25) is 0 Å². The molecule has 0 fully saturated rings. The Morgan fingerprint density at radius 2 is 1.86 bits per heavy atom. The smallest absolute Gasteiger partial charge is 0.0479 e. The topological polar surface area (TPSA) is 32.6 Å². The van der Waals surface area contributed by atoms with Crippen molar-refractivity contribution in [1.82, 2.24) is 0 Å². The van der Waals surface area contributed by atoms with E-state index in [0.29, 0.717) is 6.42 Å². The van der Waals surface area contributed by atoms with Gasteiger partial charge in [0, 0.05) is 12.6 Å². The van der Waals surface area contributed by atoms with Crippen molar-refractivity contribution in [2.24, 2.45) is 5.16 Å². The van der Waals surface area contributed by atoms with Gasteiger partial charge in [-0.2, -0.15) is 0 Å². The summed E-state index contributed by atoms with van der Waals surface area (Å²) in [7, 11) is 0. The van der Waals surface area contributed by atoms with Crippen molar-refractivity contribution in [2.75, 3.05) is 0 Å². The molecule has 2 aromatic rings. The SMILES string of the molecule is O/N=C/Cc1ccc2ccccc2c1. The van der Waals surface area contributed by atoms with Crippen LogP contribution in [-0.4, -0.2) is 11.4 Å². The van der Waals surface area contributed by atoms with Crippen LogP contribution in [0.25, 0.3) is 10.8 Å². The maximum Gasteiger partial charge on any atom is 0.0479 e. The van der Waals surface area contributed by atoms with Crippen LogP contribution in [0.4, 0.5) is 0 Å². The summed E-state index contributed by atoms with van der Waals surface area (Å²) < 4.78 is 0. The minimum absolute atomic E-state index is 0.668. The average molecular weight is 185 g/mol. The molecule has 0 aromatic heterocycles. The highest BCUT2D eigenvalue weighted by molar-refractivity contribution is 5.83. The van der Waals surface area contributed by atoms with Crippen molar-refractivity contribution in [3.8, 4) is 0 Å². The van der Waals surface area contributed by atoms with E-state index in [2.05, 4.69) is 29.4 Å². The molecule has 0 spiro atoms. The largest absolute Gasteiger partial charge is 0.411 e. The first kappa shape index (κ1) is 8.75. The van der Waals surface area contributed by atoms with Crippen molar-refractivity contribution >= 4 is 17.0 Å². The van der Waals surface area contributed by atoms with Crippen molar-refractivity contribution in [3.63, 3.8) is 0 Å². The molecule has 0 saturated carbocycles. The summed E-state index contributed by atoms with van der Waals surface area (Å²) in [6.07, 6.45) is 2.16. The van der Waals surface area contributed by atoms with E-state index in [1.54, 1.807) is 0 Å². The van der Waals surface area contributed by atoms with Gasteiger partial charge in [0.25, 0.3) is 0 Å². The number of oxime groups is 1. The quantitative estimate of drug-likeness (QED) is 0.435. The van der Waals surface area contributed by atoms with E-state index >= 15 is 0 Å². The van der Waals surface area contributed by atoms with Crippen LogP contribution < -0.4 is 0 Å². The highest BCUT2D eigenvalue weighted by atomic mass is 16.4. The third-order valence-corrected chi connectivity index (χ3v) is 2.22. The molecule has 14 heavy (non-hydrogen) atoms. The highest BCUT2D eigenvalue weighted by Gasteiger charge is 1.94. The summed E-state index contributed by atoms with van der Waals surface area (Å²) in [6.45, 7) is 0. The molecule has 0 amide bonds. The number of rotatable bonds is 2. The second kappa shape index (κ2) is 3.92. The van der Waals surface area contributed by atoms with Gasteiger partial charge in [-0.15, -0.1) is 5.16 Å². The first-order valence-corrected chi connectivity index (χ1v) is 4.54. The molecule has 2 nitrogen and oxygen atoms in total. The lowest BCUT2D eigenvalue weighted by atomic mass is 10.1. The Bertz CT molecular complexity index is 463. The first-order chi connectivity index (χ1) is 6.90. The molecule has 2 aromatic carbocycles. The summed E-state index contributed by atoms with van der Waals surface area (Å²) in [5.74, 6) is 0. The number of hydrogen-bond donors (Lipinski definition) is 1. The zero-order valence-corrected chi connectivity index (χ0v) is 7.72. The van der Waals surface area contributed by atoms with Gasteiger partial charge < -0.3 is 5.21 Å². The van der Waals surface area contributed by atoms with Gasteiger partial charge in [-0.25, -0.2) is 0 Å². The molecule has 2 rings (SSSR count). The van der Waals surface area contributed by atoms with Gasteiger partial charge in [-0.3, -0.25) is 0 Å². The third-order valence-electron chi connectivity index (χ3n) is 2.22. The van der Waals surface area contributed by atoms with E-state index in [1.165, 1.54) is 17.0 Å². The van der Waals surface area contributed by atoms with Crippen LogP contribution >= 0.6 is 0 Å². The van der Waals surface area contributed by atoms with Crippen LogP contribution in [0.3, 0.4) is 0 Å². The molecule has 0 unspecified atom stereocenters. The Kier molecular flexibility index (Phi) is 2.45. The van der Waals surface area contributed by atoms with Crippen LogP contribution in [0.2, 0.25) is 0 Å². The van der Waals surface area contributed by atoms with Crippen LogP contribution in [0, 0.1) is 0 Å². The average Bonchev–Trinajstić information content (AvgIpc) is 2.26. The lowest BCUT2D eigenvalue weighted by Gasteiger charge is -1.99. The van der Waals surface area contributed by atoms with E-state index in [-0.39, 0.29) is 0 Å². The molecule has 0 radical (unpaired) electrons. The van der Waals surface area contributed by atoms with Gasteiger partial charge in [0.15, 0.2) is 0 Å². The van der Waals surface area contributed by atoms with Gasteiger partial charge in [-0.05, 0) is 16.3 Å². The second-order valence-corrected chi connectivity index (χ2v) is 3.18. The molecular formula is C12H11NO. The van der Waals surface area contributed by atoms with Crippen LogP contribution in [-0.2, 0) is 6.42 Å². The lowest BCUT2D eigenvalue weighted by molar-refractivity contribution is 0.321. The normalized spacial score (nSPS) is 11.1. The zero-order valence-electron chi connectivity index (χ0n) is 7.72. The number of hydrogen-bond acceptors (Lipinski definition) is 2. The molecule has 0 saturated heterocycles. The fourth-order valence-corrected chi connectivity index (χ4v) is 1.51. The van der Waals surface area contributed by atoms with E-state index in [1.807, 2.05) is 18.2 Å². The standard InChI is InChI=1S/C12H11NO/c14-13-8-7-10-5-6-11-3-1-2-4-12(11)9-10/h1-6,8-9,14H,7H2/b13-8+. The summed E-state index contributed by atoms with van der Waals surface area (Å²) in [4.78, 5) is 0. The molecule has 0 aliphatic rings. The monoisotopic (exact) mass is 185 g/mol. The number of benzene rings is 2. The fourth-order valence-electron chi connectivity index (χ4n) is 1.51. The molecular weight excluding hydrogens is 174 g/mol. The second-order valence-electron chi connectivity index (χ2n) is 3.18. The molecule has 2 heteroatoms. The van der Waals surface area contributed by atoms with E-state index < -0.39 is 0 Å². The first-order valence-electron chi connectivity index (χ1n) is 4.54. The van der Waals surface area contributed by atoms with E-state index in [9.17, 15) is 0 Å². The molecule has 1 N–H and O–H groups in total. The zero-order chi connectivity index (χ0) is 9.80. The van der Waals surface area contributed by atoms with Gasteiger partial charge >= 0.3 is 0 Å². The lowest BCUT2D eigenvalue weighted by Crippen LogP contribution is -1.85. The van der Waals surface area contributed by atoms with Crippen LogP contribution in [0.15, 0.2) is 47.6 Å². The van der Waals surface area contributed by atoms with Crippen molar-refractivity contribution in [2.45, 2.75) is 6.42 Å². The fraction of sp³-hybridized carbons (Fsp3) is 0.0833. The molecule has 0 atom stereocenters. The predicted molar refractivity (Wildman–Crippen MR) is 57.9 cm³/mol. The number of nitrogens with zero attached hydrogens (tertiary/aromatic N) is 1. The van der Waals surface area contributed by atoms with Gasteiger partial charge in [0.1, 0.15) is 0 Å². The van der Waals surface area contributed by atoms with Crippen LogP contribution in [0.1, 0.15) is 5.56 Å². The highest BCUT2D eigenvalue weighted by Crippen LogP contribution is 2.15. The third kappa shape index (κ3) is 1.74. The van der Waals surface area contributed by atoms with E-state index in [0.717, 1.165) is 5.56 Å². The Morgan fingerprint density at radius 3 is 2.64 bits per heavy atom. The molecule has 70 valence electrons. The van der Waals surface area contributed by atoms with Crippen molar-refractivity contribution in [1.29, 1.82) is 0 Å². The maximum absolute atomic E-state index is 8.31. The van der Waals surface area contributed by atoms with Crippen molar-refractivity contribution in [3.05, 3.63) is 48.0 Å². The molecule has 0 aliphatic heterocycles. The summed E-state index contributed by atoms with van der Waals surface area (Å²) in [5.41, 5.74) is 1.15. The minimum atomic E-state index is 0.668. The molecule has 0 bridgehead atoms. The predicted octanol–water partition coefficient (Wildman–Crippen LogP) is 2.84. The Labute approximate surface area is 82.5 Å². The molecule has 0 heterocycles. The minimum Gasteiger partial charge on any atom is -0.411 e. The maximum atomic E-state index is 8.31. The summed E-state index contributed by atoms with van der Waals surface area (Å²) >= 11 is 0. The summed E-state index contributed by atoms with van der Waals surface area (Å²) in [6, 6.07) is 14.4. The van der Waals surface area contributed by atoms with Crippen LogP contribution in [0.5, 0.6) is 0 Å². The number of fused-ring (bicyclic) bond motifs is 1. The van der Waals surface area contributed by atoms with E-state index in [4.69, 9.17) is 5.21 Å². The van der Waals surface area contributed by atoms with Crippen molar-refractivity contribution < 1.29 is 5.21 Å². The van der Waals surface area contributed by atoms with Gasteiger partial charge in [0.05, 0.1) is 0 Å². The Morgan fingerprint density at radius 1 is 1.07 bits per heavy atom.